The number of fused-ring (bicyclic) bond motifs is 1. The molecule has 2 aromatic heterocycles. The molecule has 17 heavy (non-hydrogen) atoms. The zero-order chi connectivity index (χ0) is 12.3. The Balaban J connectivity index is 2.24. The molecule has 1 N–H and O–H groups in total. The number of nitrogens with one attached hydrogen (secondary N) is 1. The first-order valence-corrected chi connectivity index (χ1v) is 5.03. The monoisotopic (exact) mass is 233 g/mol. The maximum atomic E-state index is 11.9. The number of hydrogen-bond donors (Lipinski definition) is 1. The number of esters is 1. The Bertz CT molecular complexity index is 612. The van der Waals surface area contributed by atoms with Gasteiger partial charge in [-0.05, 0) is 0 Å². The number of aromatic nitrogens is 3. The molecular formula is C11H11N3O3. The Hall–Kier alpha value is -2.37. The van der Waals surface area contributed by atoms with Crippen LogP contribution in [0.1, 0.15) is 5.56 Å². The van der Waals surface area contributed by atoms with Crippen molar-refractivity contribution >= 4 is 11.6 Å². The smallest absolute Gasteiger partial charge is 0.310 e. The Labute approximate surface area is 96.5 Å². The predicted octanol–water partition coefficient (Wildman–Crippen LogP) is 0.294. The molecule has 0 spiro atoms. The van der Waals surface area contributed by atoms with Gasteiger partial charge in [0, 0.05) is 24.0 Å². The lowest BCUT2D eigenvalue weighted by Gasteiger charge is -2.01. The second kappa shape index (κ2) is 4.65. The standard InChI is InChI=1S/C11H11N3O3/c1-2-5-17-10(15)6-8-7-12-9-3-4-13-14(9)11(8)16/h2-4,7,13H,1,5-6H2. The molecule has 0 atom stereocenters. The summed E-state index contributed by atoms with van der Waals surface area (Å²) in [6, 6.07) is 1.67. The predicted molar refractivity (Wildman–Crippen MR) is 60.7 cm³/mol. The molecule has 6 nitrogen and oxygen atoms in total. The van der Waals surface area contributed by atoms with Crippen molar-refractivity contribution in [2.45, 2.75) is 6.42 Å². The third-order valence-electron chi connectivity index (χ3n) is 2.19. The van der Waals surface area contributed by atoms with E-state index in [4.69, 9.17) is 4.74 Å². The fourth-order valence-electron chi connectivity index (χ4n) is 1.41. The van der Waals surface area contributed by atoms with Gasteiger partial charge in [-0.1, -0.05) is 12.7 Å². The largest absolute Gasteiger partial charge is 0.461 e. The highest BCUT2D eigenvalue weighted by molar-refractivity contribution is 5.72. The van der Waals surface area contributed by atoms with E-state index in [1.54, 1.807) is 12.3 Å². The van der Waals surface area contributed by atoms with Crippen LogP contribution >= 0.6 is 0 Å². The molecule has 0 saturated carbocycles. The zero-order valence-corrected chi connectivity index (χ0v) is 9.05. The lowest BCUT2D eigenvalue weighted by Crippen LogP contribution is -2.22. The first-order valence-electron chi connectivity index (χ1n) is 5.03. The van der Waals surface area contributed by atoms with Gasteiger partial charge in [0.25, 0.3) is 5.56 Å². The molecule has 0 amide bonds. The van der Waals surface area contributed by atoms with Gasteiger partial charge in [-0.3, -0.25) is 14.7 Å². The van der Waals surface area contributed by atoms with E-state index >= 15 is 0 Å². The summed E-state index contributed by atoms with van der Waals surface area (Å²) in [6.07, 6.45) is 4.36. The molecule has 2 heterocycles. The van der Waals surface area contributed by atoms with Crippen LogP contribution in [-0.4, -0.2) is 27.2 Å². The fourth-order valence-corrected chi connectivity index (χ4v) is 1.41. The van der Waals surface area contributed by atoms with Gasteiger partial charge in [-0.15, -0.1) is 0 Å². The Morgan fingerprint density at radius 2 is 2.47 bits per heavy atom. The highest BCUT2D eigenvalue weighted by Crippen LogP contribution is 1.98. The molecule has 0 aromatic carbocycles. The molecule has 0 radical (unpaired) electrons. The molecule has 6 heteroatoms. The van der Waals surface area contributed by atoms with Gasteiger partial charge in [-0.2, -0.15) is 0 Å². The topological polar surface area (TPSA) is 76.5 Å². The minimum atomic E-state index is -0.477. The molecule has 88 valence electrons. The molecule has 2 rings (SSSR count). The van der Waals surface area contributed by atoms with E-state index in [9.17, 15) is 9.59 Å². The molecule has 0 bridgehead atoms. The Kier molecular flexibility index (Phi) is 3.04. The molecule has 0 fully saturated rings. The zero-order valence-electron chi connectivity index (χ0n) is 9.05. The quantitative estimate of drug-likeness (QED) is 0.608. The highest BCUT2D eigenvalue weighted by atomic mass is 16.5. The number of hydrogen-bond acceptors (Lipinski definition) is 4. The van der Waals surface area contributed by atoms with Gasteiger partial charge < -0.3 is 4.74 Å². The summed E-state index contributed by atoms with van der Waals surface area (Å²) in [5.74, 6) is -0.477. The number of ether oxygens (including phenoxy) is 1. The van der Waals surface area contributed by atoms with E-state index in [0.717, 1.165) is 0 Å². The van der Waals surface area contributed by atoms with E-state index in [1.807, 2.05) is 0 Å². The van der Waals surface area contributed by atoms with Crippen LogP contribution in [0.5, 0.6) is 0 Å². The average Bonchev–Trinajstić information content (AvgIpc) is 2.79. The minimum absolute atomic E-state index is 0.0956. The first-order chi connectivity index (χ1) is 8.22. The summed E-state index contributed by atoms with van der Waals surface area (Å²) in [5, 5.41) is 2.72. The van der Waals surface area contributed by atoms with Crippen molar-refractivity contribution in [3.63, 3.8) is 0 Å². The van der Waals surface area contributed by atoms with Crippen molar-refractivity contribution in [2.75, 3.05) is 6.61 Å². The molecule has 0 aliphatic heterocycles. The molecule has 0 aliphatic rings. The van der Waals surface area contributed by atoms with Crippen LogP contribution in [0.2, 0.25) is 0 Å². The maximum Gasteiger partial charge on any atom is 0.310 e. The summed E-state index contributed by atoms with van der Waals surface area (Å²) in [5.41, 5.74) is 0.507. The number of rotatable bonds is 4. The second-order valence-electron chi connectivity index (χ2n) is 3.39. The van der Waals surface area contributed by atoms with Crippen LogP contribution in [-0.2, 0) is 16.0 Å². The van der Waals surface area contributed by atoms with Crippen molar-refractivity contribution in [3.8, 4) is 0 Å². The number of H-pyrrole nitrogens is 1. The van der Waals surface area contributed by atoms with Crippen molar-refractivity contribution in [2.24, 2.45) is 0 Å². The van der Waals surface area contributed by atoms with Crippen LogP contribution in [0.25, 0.3) is 5.65 Å². The fraction of sp³-hybridized carbons (Fsp3) is 0.182. The summed E-state index contributed by atoms with van der Waals surface area (Å²) in [6.45, 7) is 3.57. The van der Waals surface area contributed by atoms with Gasteiger partial charge in [0.15, 0.2) is 5.65 Å². The lowest BCUT2D eigenvalue weighted by atomic mass is 10.2. The van der Waals surface area contributed by atoms with Crippen molar-refractivity contribution < 1.29 is 9.53 Å². The van der Waals surface area contributed by atoms with Crippen molar-refractivity contribution in [1.82, 2.24) is 14.6 Å². The Morgan fingerprint density at radius 3 is 3.24 bits per heavy atom. The van der Waals surface area contributed by atoms with Crippen LogP contribution < -0.4 is 5.56 Å². The summed E-state index contributed by atoms with van der Waals surface area (Å²) < 4.78 is 6.07. The molecular weight excluding hydrogens is 222 g/mol. The van der Waals surface area contributed by atoms with Crippen molar-refractivity contribution in [1.29, 1.82) is 0 Å². The van der Waals surface area contributed by atoms with Gasteiger partial charge >= 0.3 is 5.97 Å². The number of nitrogens with zero attached hydrogens (tertiary/aromatic N) is 2. The van der Waals surface area contributed by atoms with Crippen LogP contribution in [0.3, 0.4) is 0 Å². The second-order valence-corrected chi connectivity index (χ2v) is 3.39. The van der Waals surface area contributed by atoms with E-state index in [2.05, 4.69) is 16.7 Å². The Morgan fingerprint density at radius 1 is 1.65 bits per heavy atom. The van der Waals surface area contributed by atoms with Crippen LogP contribution in [0, 0.1) is 0 Å². The highest BCUT2D eigenvalue weighted by Gasteiger charge is 2.10. The van der Waals surface area contributed by atoms with E-state index in [0.29, 0.717) is 11.2 Å². The average molecular weight is 233 g/mol. The third kappa shape index (κ3) is 2.25. The molecule has 0 unspecified atom stereocenters. The molecule has 0 aliphatic carbocycles. The van der Waals surface area contributed by atoms with Crippen LogP contribution in [0.4, 0.5) is 0 Å². The summed E-state index contributed by atoms with van der Waals surface area (Å²) in [4.78, 5) is 27.2. The van der Waals surface area contributed by atoms with Gasteiger partial charge in [0.1, 0.15) is 6.61 Å². The van der Waals surface area contributed by atoms with Gasteiger partial charge in [-0.25, -0.2) is 9.50 Å². The number of carbonyl (C=O) groups is 1. The van der Waals surface area contributed by atoms with Crippen LogP contribution in [0.15, 0.2) is 35.9 Å². The van der Waals surface area contributed by atoms with Gasteiger partial charge in [0.2, 0.25) is 0 Å². The summed E-state index contributed by atoms with van der Waals surface area (Å²) >= 11 is 0. The van der Waals surface area contributed by atoms with Gasteiger partial charge in [0.05, 0.1) is 6.42 Å². The third-order valence-corrected chi connectivity index (χ3v) is 2.19. The van der Waals surface area contributed by atoms with E-state index in [1.165, 1.54) is 16.8 Å². The van der Waals surface area contributed by atoms with E-state index in [-0.39, 0.29) is 18.6 Å². The number of carbonyl (C=O) groups excluding carboxylic acids is 1. The first kappa shape index (κ1) is 11.1. The van der Waals surface area contributed by atoms with E-state index < -0.39 is 5.97 Å². The van der Waals surface area contributed by atoms with Crippen molar-refractivity contribution in [3.05, 3.63) is 47.0 Å². The lowest BCUT2D eigenvalue weighted by molar-refractivity contribution is -0.141. The molecule has 2 aromatic rings. The SMILES string of the molecule is C=CCOC(=O)Cc1cnc2cc[nH]n2c1=O. The number of aromatic amines is 1. The minimum Gasteiger partial charge on any atom is -0.461 e. The summed E-state index contributed by atoms with van der Waals surface area (Å²) in [7, 11) is 0. The normalized spacial score (nSPS) is 10.4. The maximum absolute atomic E-state index is 11.9. The molecule has 0 saturated heterocycles.